The van der Waals surface area contributed by atoms with Crippen LogP contribution in [-0.4, -0.2) is 279 Å². The molecule has 33 nitrogen and oxygen atoms in total. The number of nitrogens with zero attached hydrogens (tertiary/aromatic N) is 8. The monoisotopic (exact) mass is 1500 g/mol. The molecule has 3 fully saturated rings. The second-order valence-electron chi connectivity index (χ2n) is 26.6. The number of aliphatic hydroxyl groups is 3. The summed E-state index contributed by atoms with van der Waals surface area (Å²) in [6, 6.07) is 11.6. The number of benzene rings is 2. The Morgan fingerprint density at radius 2 is 1.01 bits per heavy atom. The summed E-state index contributed by atoms with van der Waals surface area (Å²) < 4.78 is 66.8. The highest BCUT2D eigenvalue weighted by molar-refractivity contribution is 6.07. The average molecular weight is 1510 g/mol. The van der Waals surface area contributed by atoms with E-state index < -0.39 is 146 Å². The number of pyridine rings is 2. The number of unbranched alkanes of at least 4 members (excludes halogenated alkanes) is 2. The molecule has 2 aromatic heterocycles. The number of aromatic nitrogens is 2. The van der Waals surface area contributed by atoms with Gasteiger partial charge in [-0.2, -0.15) is 0 Å². The molecule has 5 heterocycles. The number of hydrogen-bond acceptors (Lipinski definition) is 27. The van der Waals surface area contributed by atoms with E-state index in [2.05, 4.69) is 41.9 Å². The second-order valence-corrected chi connectivity index (χ2v) is 26.6. The molecule has 3 aliphatic heterocycles. The molecule has 580 valence electrons. The lowest BCUT2D eigenvalue weighted by molar-refractivity contribution is -0.145. The summed E-state index contributed by atoms with van der Waals surface area (Å²) in [6.07, 6.45) is -1.70. The first-order valence-electron chi connectivity index (χ1n) is 35.2. The first kappa shape index (κ1) is 81.2. The zero-order valence-electron chi connectivity index (χ0n) is 58.6. The number of rotatable bonds is 39. The molecule has 9 rings (SSSR count). The Balaban J connectivity index is 0.677. The molecule has 3 saturated heterocycles. The first-order chi connectivity index (χ1) is 51.0. The summed E-state index contributed by atoms with van der Waals surface area (Å²) in [7, 11) is 0. The van der Waals surface area contributed by atoms with Crippen molar-refractivity contribution in [1.82, 2.24) is 50.0 Å². The SMILES string of the molecule is O=C(O)CN1CCN(CCNc2c(NCCCCOc3ccc4nccc(C(=O)NCC(=O)N5CC(F)(F)C[C@H]5O)c4c3)c(=O)c2=O)CCN(CC(=O)O)CCN(C(CCC(=O)CCCNc2c(NCCCCOc3ccc4nccc(C(O)NCC(=O)N5CC(F)(F)C[C@H]5O)c4c3)c(=O)c2=O)C(=O)O)CC1. The molecule has 0 spiro atoms. The third-order valence-electron chi connectivity index (χ3n) is 18.8. The van der Waals surface area contributed by atoms with Crippen LogP contribution >= 0.6 is 0 Å². The van der Waals surface area contributed by atoms with E-state index in [0.29, 0.717) is 80.9 Å². The van der Waals surface area contributed by atoms with Gasteiger partial charge in [0.25, 0.3) is 39.5 Å². The number of anilines is 4. The number of hydrogen-bond donors (Lipinski definition) is 12. The summed E-state index contributed by atoms with van der Waals surface area (Å²) in [4.78, 5) is 156. The number of halogens is 4. The van der Waals surface area contributed by atoms with E-state index >= 15 is 0 Å². The van der Waals surface area contributed by atoms with Gasteiger partial charge in [-0.15, -0.1) is 0 Å². The molecule has 6 aromatic rings. The minimum Gasteiger partial charge on any atom is -0.494 e. The van der Waals surface area contributed by atoms with Gasteiger partial charge in [-0.1, -0.05) is 0 Å². The van der Waals surface area contributed by atoms with Gasteiger partial charge in [0.2, 0.25) is 11.8 Å². The van der Waals surface area contributed by atoms with Crippen LogP contribution in [0.2, 0.25) is 0 Å². The van der Waals surface area contributed by atoms with Crippen LogP contribution in [0.1, 0.15) is 86.4 Å². The highest BCUT2D eigenvalue weighted by Gasteiger charge is 2.47. The predicted octanol–water partition coefficient (Wildman–Crippen LogP) is 0.697. The van der Waals surface area contributed by atoms with Gasteiger partial charge < -0.3 is 76.5 Å². The number of ketones is 1. The van der Waals surface area contributed by atoms with E-state index in [1.54, 1.807) is 51.1 Å². The van der Waals surface area contributed by atoms with Gasteiger partial charge in [0, 0.05) is 127 Å². The maximum Gasteiger partial charge on any atom is 0.320 e. The second kappa shape index (κ2) is 37.6. The van der Waals surface area contributed by atoms with Crippen molar-refractivity contribution in [2.45, 2.75) is 101 Å². The van der Waals surface area contributed by atoms with Crippen molar-refractivity contribution in [3.63, 3.8) is 0 Å². The number of nitrogens with one attached hydrogen (secondary N) is 6. The van der Waals surface area contributed by atoms with Gasteiger partial charge in [-0.05, 0) is 87.1 Å². The Morgan fingerprint density at radius 1 is 0.551 bits per heavy atom. The van der Waals surface area contributed by atoms with Crippen molar-refractivity contribution in [1.29, 1.82) is 0 Å². The van der Waals surface area contributed by atoms with Crippen LogP contribution < -0.4 is 63.1 Å². The van der Waals surface area contributed by atoms with Crippen molar-refractivity contribution in [3.05, 3.63) is 113 Å². The van der Waals surface area contributed by atoms with Crippen LogP contribution in [0.15, 0.2) is 80.1 Å². The Kier molecular flexibility index (Phi) is 28.5. The maximum absolute atomic E-state index is 13.7. The molecule has 4 atom stereocenters. The number of alkyl halides is 4. The van der Waals surface area contributed by atoms with Crippen LogP contribution in [0, 0.1) is 0 Å². The fourth-order valence-corrected chi connectivity index (χ4v) is 13.0. The maximum atomic E-state index is 13.7. The van der Waals surface area contributed by atoms with E-state index in [9.17, 15) is 101 Å². The molecule has 107 heavy (non-hydrogen) atoms. The molecule has 12 N–H and O–H groups in total. The standard InChI is InChI=1S/C70H88F4N14O19/c71-69(72)34-52(90)87(40-69)54(92)36-81-66(102)45-13-18-75-49-10-8-43(32-47(45)49)106-30-3-1-15-77-58-59(63(99)62(58)98)79-17-5-6-42(89)7-12-51(68(104)105)86-28-26-84(38-56(94)95)24-22-83(23-25-85(27-29-86)39-57(96)97)21-20-80-61-60(64(100)65(61)101)78-16-2-4-31-107-44-9-11-50-48(33-44)46(14-19-76-50)67(103)82-37-55(93)88-41-70(73,74)35-53(88)91/h8-11,13-14,18-19,32-33,51-53,66,77-81,90-91,102H,1-7,12,15-17,20-31,34-41H2,(H,82,103)(H,94,95)(H,96,97)(H,104,105)/t51?,52-,53-,66?/m1/s1. The highest BCUT2D eigenvalue weighted by Crippen LogP contribution is 2.33. The van der Waals surface area contributed by atoms with Crippen LogP contribution in [0.5, 0.6) is 11.5 Å². The van der Waals surface area contributed by atoms with Gasteiger partial charge in [0.05, 0.1) is 81.9 Å². The number of fused-ring (bicyclic) bond motifs is 2. The normalized spacial score (nSPS) is 18.2. The fourth-order valence-electron chi connectivity index (χ4n) is 13.0. The van der Waals surface area contributed by atoms with Crippen LogP contribution in [-0.2, 0) is 28.8 Å². The molecule has 0 radical (unpaired) electrons. The number of ether oxygens (including phenoxy) is 2. The molecule has 4 aromatic carbocycles. The number of carbonyl (C=O) groups is 7. The summed E-state index contributed by atoms with van der Waals surface area (Å²) in [5.41, 5.74) is -1.15. The number of Topliss-reactive ketones (excluding diaryl/α,β-unsaturated/α-hetero) is 1. The molecule has 3 amide bonds. The van der Waals surface area contributed by atoms with E-state index in [1.807, 2.05) is 4.90 Å². The minimum atomic E-state index is -3.25. The number of aliphatic hydroxyl groups excluding tert-OH is 3. The van der Waals surface area contributed by atoms with Crippen molar-refractivity contribution < 1.29 is 91.2 Å². The van der Waals surface area contributed by atoms with Gasteiger partial charge in [-0.25, -0.2) is 17.6 Å². The third kappa shape index (κ3) is 22.6. The predicted molar refractivity (Wildman–Crippen MR) is 381 cm³/mol. The van der Waals surface area contributed by atoms with Crippen molar-refractivity contribution in [2.24, 2.45) is 0 Å². The Bertz CT molecular complexity index is 4260. The third-order valence-corrected chi connectivity index (χ3v) is 18.8. The average Bonchev–Trinajstić information content (AvgIpc) is 1.80. The molecular weight excluding hydrogens is 1420 g/mol. The number of carboxylic acids is 3. The molecule has 0 bridgehead atoms. The molecule has 0 aliphatic carbocycles. The zero-order valence-corrected chi connectivity index (χ0v) is 58.6. The number of carboxylic acid groups (broad SMARTS) is 3. The first-order valence-corrected chi connectivity index (χ1v) is 35.2. The number of aliphatic carboxylic acids is 3. The highest BCUT2D eigenvalue weighted by atomic mass is 19.3. The topological polar surface area (TPSA) is 445 Å². The smallest absolute Gasteiger partial charge is 0.320 e. The number of likely N-dealkylation sites (tertiary alicyclic amines) is 2. The minimum absolute atomic E-state index is 0.000406. The number of carbonyl (C=O) groups excluding carboxylic acids is 4. The van der Waals surface area contributed by atoms with E-state index in [4.69, 9.17) is 9.47 Å². The summed E-state index contributed by atoms with van der Waals surface area (Å²) in [5.74, 6) is -11.8. The summed E-state index contributed by atoms with van der Waals surface area (Å²) >= 11 is 0. The fraction of sp³-hybridized carbons (Fsp3) is 0.529. The summed E-state index contributed by atoms with van der Waals surface area (Å²) in [5, 5.41) is 78.9. The van der Waals surface area contributed by atoms with E-state index in [1.165, 1.54) is 24.5 Å². The van der Waals surface area contributed by atoms with Crippen molar-refractivity contribution >= 4 is 86.0 Å². The lowest BCUT2D eigenvalue weighted by Crippen LogP contribution is -2.51. The molecular formula is C70H88F4N14O19. The van der Waals surface area contributed by atoms with Crippen LogP contribution in [0.25, 0.3) is 21.8 Å². The van der Waals surface area contributed by atoms with Gasteiger partial charge in [0.15, 0.2) is 0 Å². The quantitative estimate of drug-likeness (QED) is 0.0109. The zero-order chi connectivity index (χ0) is 77.1. The molecule has 3 aliphatic rings. The molecule has 0 saturated carbocycles. The lowest BCUT2D eigenvalue weighted by Gasteiger charge is -2.35. The van der Waals surface area contributed by atoms with Crippen molar-refractivity contribution in [2.75, 3.05) is 159 Å². The van der Waals surface area contributed by atoms with E-state index in [0.717, 1.165) is 0 Å². The van der Waals surface area contributed by atoms with Crippen LogP contribution in [0.4, 0.5) is 40.3 Å². The van der Waals surface area contributed by atoms with Crippen molar-refractivity contribution in [3.8, 4) is 11.5 Å². The number of amides is 3. The Morgan fingerprint density at radius 3 is 1.50 bits per heavy atom. The van der Waals surface area contributed by atoms with Gasteiger partial charge in [0.1, 0.15) is 64.8 Å². The Hall–Kier alpha value is -9.89. The van der Waals surface area contributed by atoms with Gasteiger partial charge >= 0.3 is 17.9 Å². The lowest BCUT2D eigenvalue weighted by atomic mass is 10.0. The summed E-state index contributed by atoms with van der Waals surface area (Å²) in [6.45, 7) is -1.08. The Labute approximate surface area is 609 Å². The molecule has 37 heteroatoms. The van der Waals surface area contributed by atoms with Gasteiger partial charge in [-0.3, -0.25) is 87.6 Å². The molecule has 2 unspecified atom stereocenters. The largest absolute Gasteiger partial charge is 0.494 e. The van der Waals surface area contributed by atoms with E-state index in [-0.39, 0.29) is 152 Å². The van der Waals surface area contributed by atoms with Crippen LogP contribution in [0.3, 0.4) is 0 Å².